The second kappa shape index (κ2) is 10.9. The number of likely N-dealkylation sites (N-methyl/N-ethyl adjacent to an activating group) is 1. The van der Waals surface area contributed by atoms with Gasteiger partial charge in [-0.15, -0.1) is 11.3 Å². The summed E-state index contributed by atoms with van der Waals surface area (Å²) in [5.74, 6) is 1.27. The van der Waals surface area contributed by atoms with E-state index in [0.717, 1.165) is 30.3 Å². The smallest absolute Gasteiger partial charge is 0.271 e. The molecule has 0 radical (unpaired) electrons. The van der Waals surface area contributed by atoms with Gasteiger partial charge in [0.25, 0.3) is 10.0 Å². The van der Waals surface area contributed by atoms with Gasteiger partial charge in [0.15, 0.2) is 0 Å². The molecule has 1 aromatic carbocycles. The highest BCUT2D eigenvalue weighted by Gasteiger charge is 2.32. The zero-order valence-corrected chi connectivity index (χ0v) is 22.1. The molecule has 1 aliphatic heterocycles. The second-order valence-corrected chi connectivity index (χ2v) is 12.8. The average Bonchev–Trinajstić information content (AvgIpc) is 3.42. The van der Waals surface area contributed by atoms with Gasteiger partial charge < -0.3 is 19.6 Å². The van der Waals surface area contributed by atoms with Gasteiger partial charge in [0.1, 0.15) is 16.1 Å². The Morgan fingerprint density at radius 3 is 2.71 bits per heavy atom. The van der Waals surface area contributed by atoms with E-state index >= 15 is 0 Å². The lowest BCUT2D eigenvalue weighted by Crippen LogP contribution is -2.47. The maximum Gasteiger partial charge on any atom is 0.271 e. The number of aliphatic hydroxyl groups excluding tert-OH is 1. The minimum atomic E-state index is -3.71. The topological polar surface area (TPSA) is 99.2 Å². The Morgan fingerprint density at radius 1 is 1.29 bits per heavy atom. The second-order valence-electron chi connectivity index (χ2n) is 9.91. The molecule has 2 aliphatic rings. The molecule has 1 amide bonds. The lowest BCUT2D eigenvalue weighted by atomic mass is 10.0. The molecule has 0 spiro atoms. The Bertz CT molecular complexity index is 1120. The van der Waals surface area contributed by atoms with Crippen LogP contribution in [0.5, 0.6) is 5.75 Å². The fourth-order valence-corrected chi connectivity index (χ4v) is 6.50. The number of benzene rings is 1. The van der Waals surface area contributed by atoms with E-state index in [1.54, 1.807) is 40.6 Å². The highest BCUT2D eigenvalue weighted by molar-refractivity contribution is 7.94. The lowest BCUT2D eigenvalue weighted by molar-refractivity contribution is -0.134. The number of aliphatic hydroxyl groups is 1. The molecule has 0 unspecified atom stereocenters. The molecular weight excluding hydrogens is 486 g/mol. The minimum absolute atomic E-state index is 0.0394. The maximum absolute atomic E-state index is 13.3. The number of fused-ring (bicyclic) bond motifs is 1. The molecule has 35 heavy (non-hydrogen) atoms. The third kappa shape index (κ3) is 6.55. The largest absolute Gasteiger partial charge is 0.488 e. The van der Waals surface area contributed by atoms with Gasteiger partial charge in [-0.2, -0.15) is 0 Å². The number of nitrogens with zero attached hydrogens (tertiary/aromatic N) is 2. The number of amides is 1. The van der Waals surface area contributed by atoms with Gasteiger partial charge in [0.2, 0.25) is 5.91 Å². The van der Waals surface area contributed by atoms with E-state index < -0.39 is 10.0 Å². The molecule has 8 nitrogen and oxygen atoms in total. The van der Waals surface area contributed by atoms with Gasteiger partial charge in [0.05, 0.1) is 19.1 Å². The van der Waals surface area contributed by atoms with Crippen LogP contribution >= 0.6 is 11.3 Å². The summed E-state index contributed by atoms with van der Waals surface area (Å²) < 4.78 is 34.8. The Morgan fingerprint density at radius 2 is 2.06 bits per heavy atom. The zero-order chi connectivity index (χ0) is 25.2. The van der Waals surface area contributed by atoms with Crippen molar-refractivity contribution in [3.63, 3.8) is 0 Å². The number of hydrogen-bond acceptors (Lipinski definition) is 7. The monoisotopic (exact) mass is 521 g/mol. The van der Waals surface area contributed by atoms with E-state index in [1.165, 1.54) is 12.8 Å². The first-order valence-corrected chi connectivity index (χ1v) is 14.5. The van der Waals surface area contributed by atoms with Gasteiger partial charge >= 0.3 is 0 Å². The van der Waals surface area contributed by atoms with E-state index in [4.69, 9.17) is 4.74 Å². The molecule has 192 valence electrons. The first-order chi connectivity index (χ1) is 16.7. The molecular formula is C25H35N3O5S2. The van der Waals surface area contributed by atoms with Crippen molar-refractivity contribution in [2.45, 2.75) is 49.5 Å². The van der Waals surface area contributed by atoms with Crippen LogP contribution in [-0.2, 0) is 21.2 Å². The summed E-state index contributed by atoms with van der Waals surface area (Å²) in [7, 11) is -1.61. The fourth-order valence-electron chi connectivity index (χ4n) is 4.46. The van der Waals surface area contributed by atoms with Crippen molar-refractivity contribution in [3.8, 4) is 5.75 Å². The highest BCUT2D eigenvalue weighted by atomic mass is 32.2. The van der Waals surface area contributed by atoms with Crippen molar-refractivity contribution >= 4 is 33.0 Å². The van der Waals surface area contributed by atoms with Crippen LogP contribution in [0.15, 0.2) is 39.9 Å². The predicted octanol–water partition coefficient (Wildman–Crippen LogP) is 3.04. The first kappa shape index (κ1) is 25.9. The molecule has 3 atom stereocenters. The normalized spacial score (nSPS) is 22.1. The van der Waals surface area contributed by atoms with Crippen molar-refractivity contribution in [2.24, 2.45) is 11.8 Å². The lowest BCUT2D eigenvalue weighted by Gasteiger charge is -2.34. The maximum atomic E-state index is 13.3. The Kier molecular flexibility index (Phi) is 8.05. The third-order valence-corrected chi connectivity index (χ3v) is 9.47. The van der Waals surface area contributed by atoms with Crippen LogP contribution in [0.25, 0.3) is 0 Å². The van der Waals surface area contributed by atoms with E-state index in [1.807, 2.05) is 6.92 Å². The molecule has 1 saturated carbocycles. The van der Waals surface area contributed by atoms with Gasteiger partial charge in [-0.3, -0.25) is 9.52 Å². The summed E-state index contributed by atoms with van der Waals surface area (Å²) in [5.41, 5.74) is 1.01. The number of hydrogen-bond donors (Lipinski definition) is 2. The number of ether oxygens (including phenoxy) is 1. The van der Waals surface area contributed by atoms with Gasteiger partial charge in [0, 0.05) is 36.8 Å². The molecule has 10 heteroatoms. The van der Waals surface area contributed by atoms with Crippen LogP contribution in [0.4, 0.5) is 5.69 Å². The van der Waals surface area contributed by atoms with E-state index in [-0.39, 0.29) is 41.2 Å². The molecule has 1 fully saturated rings. The first-order valence-electron chi connectivity index (χ1n) is 12.1. The van der Waals surface area contributed by atoms with Crippen LogP contribution in [0.1, 0.15) is 32.3 Å². The van der Waals surface area contributed by atoms with Crippen LogP contribution in [0, 0.1) is 11.8 Å². The molecule has 0 saturated heterocycles. The number of nitrogens with one attached hydrogen (secondary N) is 1. The number of rotatable bonds is 9. The van der Waals surface area contributed by atoms with Gasteiger partial charge in [-0.05, 0) is 62.4 Å². The minimum Gasteiger partial charge on any atom is -0.488 e. The van der Waals surface area contributed by atoms with Crippen LogP contribution in [0.2, 0.25) is 0 Å². The number of sulfonamides is 1. The zero-order valence-electron chi connectivity index (χ0n) is 20.5. The molecule has 1 aromatic heterocycles. The fraction of sp³-hybridized carbons (Fsp3) is 0.560. The van der Waals surface area contributed by atoms with Crippen LogP contribution in [-0.4, -0.2) is 74.7 Å². The Balaban J connectivity index is 1.63. The quantitative estimate of drug-likeness (QED) is 0.526. The van der Waals surface area contributed by atoms with Gasteiger partial charge in [-0.25, -0.2) is 8.42 Å². The number of carbonyl (C=O) groups is 1. The standard InChI is InChI=1S/C25H35N3O5S2/c1-17-13-28(18(2)16-29)24(30)12-20-11-21(26-35(31,32)25-5-4-10-34-25)8-9-22(20)33-23(17)15-27(3)14-19-6-7-19/h4-5,8-11,17-19,23,26,29H,6-7,12-16H2,1-3H3/t17-,18+,23+/m1/s1. The van der Waals surface area contributed by atoms with E-state index in [0.29, 0.717) is 23.5 Å². The molecule has 2 N–H and O–H groups in total. The van der Waals surface area contributed by atoms with E-state index in [9.17, 15) is 18.3 Å². The highest BCUT2D eigenvalue weighted by Crippen LogP contribution is 2.32. The summed E-state index contributed by atoms with van der Waals surface area (Å²) in [6, 6.07) is 8.03. The predicted molar refractivity (Wildman–Crippen MR) is 137 cm³/mol. The summed E-state index contributed by atoms with van der Waals surface area (Å²) in [4.78, 5) is 17.3. The molecule has 4 rings (SSSR count). The Labute approximate surface area is 211 Å². The summed E-state index contributed by atoms with van der Waals surface area (Å²) in [5, 5.41) is 11.5. The van der Waals surface area contributed by atoms with Crippen molar-refractivity contribution in [1.29, 1.82) is 0 Å². The van der Waals surface area contributed by atoms with Crippen molar-refractivity contribution in [1.82, 2.24) is 9.80 Å². The molecule has 1 aliphatic carbocycles. The van der Waals surface area contributed by atoms with Crippen molar-refractivity contribution in [3.05, 3.63) is 41.3 Å². The van der Waals surface area contributed by atoms with Crippen molar-refractivity contribution < 1.29 is 23.1 Å². The summed E-state index contributed by atoms with van der Waals surface area (Å²) in [6.45, 7) is 6.02. The number of carbonyl (C=O) groups excluding carboxylic acids is 1. The number of anilines is 1. The average molecular weight is 522 g/mol. The number of thiophene rings is 1. The summed E-state index contributed by atoms with van der Waals surface area (Å²) in [6.07, 6.45) is 2.44. The molecule has 0 bridgehead atoms. The third-order valence-electron chi connectivity index (χ3n) is 6.69. The van der Waals surface area contributed by atoms with Crippen molar-refractivity contribution in [2.75, 3.05) is 38.0 Å². The SMILES string of the molecule is C[C@@H]1CN([C@@H](C)CO)C(=O)Cc2cc(NS(=O)(=O)c3cccs3)ccc2O[C@H]1CN(C)CC1CC1. The van der Waals surface area contributed by atoms with Crippen LogP contribution in [0.3, 0.4) is 0 Å². The van der Waals surface area contributed by atoms with Gasteiger partial charge in [-0.1, -0.05) is 13.0 Å². The Hall–Kier alpha value is -2.14. The molecule has 2 aromatic rings. The van der Waals surface area contributed by atoms with E-state index in [2.05, 4.69) is 23.6 Å². The van der Waals surface area contributed by atoms with Crippen LogP contribution < -0.4 is 9.46 Å². The summed E-state index contributed by atoms with van der Waals surface area (Å²) >= 11 is 1.14. The molecule has 2 heterocycles.